The summed E-state index contributed by atoms with van der Waals surface area (Å²) in [6, 6.07) is 11.7. The molecule has 1 saturated carbocycles. The molecule has 0 saturated heterocycles. The summed E-state index contributed by atoms with van der Waals surface area (Å²) in [6.45, 7) is 2.26. The molecule has 10 heteroatoms. The van der Waals surface area contributed by atoms with Crippen molar-refractivity contribution in [2.24, 2.45) is 0 Å². The van der Waals surface area contributed by atoms with Gasteiger partial charge in [-0.2, -0.15) is 4.31 Å². The summed E-state index contributed by atoms with van der Waals surface area (Å²) in [5, 5.41) is 10.2. The summed E-state index contributed by atoms with van der Waals surface area (Å²) >= 11 is 0. The van der Waals surface area contributed by atoms with Gasteiger partial charge in [-0.3, -0.25) is 10.1 Å². The number of sulfonamides is 1. The lowest BCUT2D eigenvalue weighted by Gasteiger charge is -2.32. The number of halogens is 1. The standard InChI is InChI=1S/C24H27FN4O4S/c1-2-29(20-6-4-3-5-7-20)34(31,32)21-14-10-18(11-15-21)23(30)26-24-28-27-22(33-24)16-17-8-12-19(25)13-9-17/h8-15,20H,2-7,16H2,1H3,(H,26,28,30). The summed E-state index contributed by atoms with van der Waals surface area (Å²) in [4.78, 5) is 12.7. The summed E-state index contributed by atoms with van der Waals surface area (Å²) in [6.07, 6.45) is 5.27. The Morgan fingerprint density at radius 2 is 1.74 bits per heavy atom. The molecule has 1 aliphatic carbocycles. The van der Waals surface area contributed by atoms with Gasteiger partial charge in [-0.15, -0.1) is 5.10 Å². The Morgan fingerprint density at radius 1 is 1.06 bits per heavy atom. The minimum absolute atomic E-state index is 0.0216. The molecule has 1 amide bonds. The topological polar surface area (TPSA) is 105 Å². The number of anilines is 1. The molecule has 2 aromatic carbocycles. The van der Waals surface area contributed by atoms with Gasteiger partial charge in [-0.1, -0.05) is 43.4 Å². The highest BCUT2D eigenvalue weighted by molar-refractivity contribution is 7.89. The van der Waals surface area contributed by atoms with Gasteiger partial charge in [0.05, 0.1) is 11.3 Å². The number of hydrogen-bond donors (Lipinski definition) is 1. The monoisotopic (exact) mass is 486 g/mol. The van der Waals surface area contributed by atoms with E-state index in [1.807, 2.05) is 6.92 Å². The van der Waals surface area contributed by atoms with E-state index in [0.717, 1.165) is 37.7 Å². The van der Waals surface area contributed by atoms with Crippen LogP contribution in [0, 0.1) is 5.82 Å². The average molecular weight is 487 g/mol. The van der Waals surface area contributed by atoms with Gasteiger partial charge in [0.25, 0.3) is 5.91 Å². The summed E-state index contributed by atoms with van der Waals surface area (Å²) in [7, 11) is -3.64. The lowest BCUT2D eigenvalue weighted by Crippen LogP contribution is -2.41. The van der Waals surface area contributed by atoms with Crippen molar-refractivity contribution in [1.29, 1.82) is 0 Å². The number of benzene rings is 2. The zero-order valence-electron chi connectivity index (χ0n) is 18.9. The van der Waals surface area contributed by atoms with E-state index in [9.17, 15) is 17.6 Å². The van der Waals surface area contributed by atoms with Crippen molar-refractivity contribution in [3.63, 3.8) is 0 Å². The van der Waals surface area contributed by atoms with Crippen LogP contribution in [0.4, 0.5) is 10.4 Å². The zero-order valence-corrected chi connectivity index (χ0v) is 19.7. The number of aromatic nitrogens is 2. The molecule has 3 aromatic rings. The summed E-state index contributed by atoms with van der Waals surface area (Å²) in [5.74, 6) is -0.566. The molecule has 0 unspecified atom stereocenters. The maximum Gasteiger partial charge on any atom is 0.322 e. The molecule has 1 aliphatic rings. The van der Waals surface area contributed by atoms with E-state index >= 15 is 0 Å². The first-order valence-corrected chi connectivity index (χ1v) is 12.8. The summed E-state index contributed by atoms with van der Waals surface area (Å²) < 4.78 is 46.4. The molecular formula is C24H27FN4O4S. The van der Waals surface area contributed by atoms with Crippen LogP contribution < -0.4 is 5.32 Å². The van der Waals surface area contributed by atoms with Gasteiger partial charge < -0.3 is 4.42 Å². The van der Waals surface area contributed by atoms with Gasteiger partial charge in [-0.05, 0) is 54.8 Å². The largest absolute Gasteiger partial charge is 0.407 e. The van der Waals surface area contributed by atoms with Gasteiger partial charge in [0.1, 0.15) is 5.82 Å². The highest BCUT2D eigenvalue weighted by Crippen LogP contribution is 2.28. The number of rotatable bonds is 8. The van der Waals surface area contributed by atoms with Gasteiger partial charge in [0.2, 0.25) is 15.9 Å². The molecule has 8 nitrogen and oxygen atoms in total. The molecule has 1 N–H and O–H groups in total. The van der Waals surface area contributed by atoms with Crippen LogP contribution in [0.5, 0.6) is 0 Å². The number of carbonyl (C=O) groups excluding carboxylic acids is 1. The highest BCUT2D eigenvalue weighted by atomic mass is 32.2. The third kappa shape index (κ3) is 5.51. The van der Waals surface area contributed by atoms with E-state index in [0.29, 0.717) is 13.0 Å². The maximum absolute atomic E-state index is 13.2. The smallest absolute Gasteiger partial charge is 0.322 e. The fourth-order valence-electron chi connectivity index (χ4n) is 4.23. The van der Waals surface area contributed by atoms with Gasteiger partial charge in [0.15, 0.2) is 0 Å². The minimum Gasteiger partial charge on any atom is -0.407 e. The Bertz CT molecular complexity index is 1220. The Balaban J connectivity index is 1.41. The number of hydrogen-bond acceptors (Lipinski definition) is 6. The first-order valence-electron chi connectivity index (χ1n) is 11.4. The Kier molecular flexibility index (Phi) is 7.38. The third-order valence-electron chi connectivity index (χ3n) is 5.97. The van der Waals surface area contributed by atoms with Gasteiger partial charge >= 0.3 is 6.01 Å². The molecule has 0 radical (unpaired) electrons. The number of nitrogens with zero attached hydrogens (tertiary/aromatic N) is 3. The Labute approximate surface area is 198 Å². The predicted molar refractivity (Wildman–Crippen MR) is 124 cm³/mol. The van der Waals surface area contributed by atoms with Crippen molar-refractivity contribution in [2.75, 3.05) is 11.9 Å². The fraction of sp³-hybridized carbons (Fsp3) is 0.375. The van der Waals surface area contributed by atoms with Crippen LogP contribution in [0.15, 0.2) is 57.8 Å². The first-order chi connectivity index (χ1) is 16.4. The molecule has 34 heavy (non-hydrogen) atoms. The lowest BCUT2D eigenvalue weighted by atomic mass is 9.95. The van der Waals surface area contributed by atoms with Crippen LogP contribution in [0.3, 0.4) is 0 Å². The quantitative estimate of drug-likeness (QED) is 0.506. The van der Waals surface area contributed by atoms with Gasteiger partial charge in [0, 0.05) is 18.2 Å². The molecule has 4 rings (SSSR count). The van der Waals surface area contributed by atoms with E-state index in [4.69, 9.17) is 4.42 Å². The number of amides is 1. The third-order valence-corrected chi connectivity index (χ3v) is 8.01. The predicted octanol–water partition coefficient (Wildman–Crippen LogP) is 4.40. The van der Waals surface area contributed by atoms with Crippen LogP contribution in [0.25, 0.3) is 0 Å². The van der Waals surface area contributed by atoms with Crippen LogP contribution in [-0.2, 0) is 16.4 Å². The normalized spacial score (nSPS) is 14.9. The summed E-state index contributed by atoms with van der Waals surface area (Å²) in [5.41, 5.74) is 1.05. The molecular weight excluding hydrogens is 459 g/mol. The van der Waals surface area contributed by atoms with E-state index in [1.54, 1.807) is 16.4 Å². The molecule has 180 valence electrons. The van der Waals surface area contributed by atoms with Crippen LogP contribution >= 0.6 is 0 Å². The first kappa shape index (κ1) is 24.0. The van der Waals surface area contributed by atoms with E-state index in [-0.39, 0.29) is 34.2 Å². The Hall–Kier alpha value is -3.11. The van der Waals surface area contributed by atoms with E-state index in [2.05, 4.69) is 15.5 Å². The zero-order chi connectivity index (χ0) is 24.1. The maximum atomic E-state index is 13.2. The molecule has 0 aliphatic heterocycles. The molecule has 0 bridgehead atoms. The van der Waals surface area contributed by atoms with Gasteiger partial charge in [-0.25, -0.2) is 12.8 Å². The van der Waals surface area contributed by atoms with Crippen molar-refractivity contribution in [3.8, 4) is 0 Å². The molecule has 1 fully saturated rings. The molecule has 1 aromatic heterocycles. The van der Waals surface area contributed by atoms with Crippen molar-refractivity contribution in [1.82, 2.24) is 14.5 Å². The average Bonchev–Trinajstić information content (AvgIpc) is 3.28. The fourth-order valence-corrected chi connectivity index (χ4v) is 5.92. The second-order valence-corrected chi connectivity index (χ2v) is 10.2. The molecule has 0 atom stereocenters. The number of nitrogens with one attached hydrogen (secondary N) is 1. The number of carbonyl (C=O) groups is 1. The van der Waals surface area contributed by atoms with E-state index < -0.39 is 15.9 Å². The van der Waals surface area contributed by atoms with Crippen molar-refractivity contribution >= 4 is 21.9 Å². The molecule has 0 spiro atoms. The van der Waals surface area contributed by atoms with Crippen LogP contribution in [0.2, 0.25) is 0 Å². The minimum atomic E-state index is -3.64. The second-order valence-electron chi connectivity index (χ2n) is 8.28. The SMILES string of the molecule is CCN(C1CCCCC1)S(=O)(=O)c1ccc(C(=O)Nc2nnc(Cc3ccc(F)cc3)o2)cc1. The lowest BCUT2D eigenvalue weighted by molar-refractivity contribution is 0.102. The highest BCUT2D eigenvalue weighted by Gasteiger charge is 2.31. The van der Waals surface area contributed by atoms with Crippen molar-refractivity contribution in [2.45, 2.75) is 56.4 Å². The second kappa shape index (κ2) is 10.4. The van der Waals surface area contributed by atoms with Crippen LogP contribution in [0.1, 0.15) is 60.8 Å². The van der Waals surface area contributed by atoms with Crippen LogP contribution in [-0.4, -0.2) is 41.4 Å². The van der Waals surface area contributed by atoms with E-state index in [1.165, 1.54) is 36.4 Å². The van der Waals surface area contributed by atoms with Crippen molar-refractivity contribution < 1.29 is 22.0 Å². The molecule has 1 heterocycles. The Morgan fingerprint density at radius 3 is 2.38 bits per heavy atom. The van der Waals surface area contributed by atoms with Crippen molar-refractivity contribution in [3.05, 3.63) is 71.4 Å².